The summed E-state index contributed by atoms with van der Waals surface area (Å²) in [6, 6.07) is 0. The predicted molar refractivity (Wildman–Crippen MR) is 28.1 cm³/mol. The van der Waals surface area contributed by atoms with Gasteiger partial charge in [0.25, 0.3) is 0 Å². The number of aliphatic hydroxyl groups is 2. The first-order valence-electron chi connectivity index (χ1n) is 1.87. The number of hydrogen-bond donors (Lipinski definition) is 2. The average Bonchev–Trinajstić information content (AvgIpc) is 1.68. The summed E-state index contributed by atoms with van der Waals surface area (Å²) in [7, 11) is 0. The SMILES string of the molecule is OCC=C(Cl)CO. The summed E-state index contributed by atoms with van der Waals surface area (Å²) in [4.78, 5) is 0. The third kappa shape index (κ3) is 3.79. The Bertz CT molecular complexity index is 70.1. The third-order valence-corrected chi connectivity index (χ3v) is 0.738. The summed E-state index contributed by atoms with van der Waals surface area (Å²) < 4.78 is 0. The van der Waals surface area contributed by atoms with Crippen LogP contribution in [0.15, 0.2) is 11.1 Å². The molecular formula is C4H7ClO2. The van der Waals surface area contributed by atoms with Crippen molar-refractivity contribution in [2.45, 2.75) is 0 Å². The van der Waals surface area contributed by atoms with E-state index in [0.29, 0.717) is 0 Å². The van der Waals surface area contributed by atoms with Crippen molar-refractivity contribution >= 4 is 11.6 Å². The molecule has 2 nitrogen and oxygen atoms in total. The maximum atomic E-state index is 8.15. The third-order valence-electron chi connectivity index (χ3n) is 0.464. The van der Waals surface area contributed by atoms with E-state index in [4.69, 9.17) is 21.8 Å². The Morgan fingerprint density at radius 3 is 2.29 bits per heavy atom. The van der Waals surface area contributed by atoms with E-state index in [9.17, 15) is 0 Å². The molecule has 0 aliphatic carbocycles. The molecule has 0 bridgehead atoms. The highest BCUT2D eigenvalue weighted by molar-refractivity contribution is 6.29. The minimum atomic E-state index is -0.192. The van der Waals surface area contributed by atoms with Gasteiger partial charge in [0.2, 0.25) is 0 Å². The van der Waals surface area contributed by atoms with Crippen LogP contribution in [0.4, 0.5) is 0 Å². The molecule has 42 valence electrons. The van der Waals surface area contributed by atoms with Crippen LogP contribution in [-0.4, -0.2) is 23.4 Å². The summed E-state index contributed by atoms with van der Waals surface area (Å²) >= 11 is 5.22. The lowest BCUT2D eigenvalue weighted by molar-refractivity contribution is 0.326. The summed E-state index contributed by atoms with van der Waals surface area (Å²) in [6.07, 6.45) is 1.33. The molecule has 0 fully saturated rings. The summed E-state index contributed by atoms with van der Waals surface area (Å²) in [5.74, 6) is 0. The molecule has 3 heteroatoms. The topological polar surface area (TPSA) is 40.5 Å². The number of hydrogen-bond acceptors (Lipinski definition) is 2. The first-order valence-corrected chi connectivity index (χ1v) is 2.25. The molecule has 0 aliphatic rings. The van der Waals surface area contributed by atoms with E-state index in [2.05, 4.69) is 0 Å². The molecule has 7 heavy (non-hydrogen) atoms. The fourth-order valence-electron chi connectivity index (χ4n) is 0.164. The highest BCUT2D eigenvalue weighted by atomic mass is 35.5. The van der Waals surface area contributed by atoms with E-state index in [1.807, 2.05) is 0 Å². The van der Waals surface area contributed by atoms with Gasteiger partial charge in [-0.15, -0.1) is 0 Å². The number of halogens is 1. The van der Waals surface area contributed by atoms with Crippen LogP contribution in [0.2, 0.25) is 0 Å². The Labute approximate surface area is 47.0 Å². The normalized spacial score (nSPS) is 12.1. The summed E-state index contributed by atoms with van der Waals surface area (Å²) in [6.45, 7) is -0.304. The molecule has 0 aromatic rings. The minimum absolute atomic E-state index is 0.112. The second-order valence-electron chi connectivity index (χ2n) is 0.992. The predicted octanol–water partition coefficient (Wildman–Crippen LogP) is 0.0937. The quantitative estimate of drug-likeness (QED) is 0.545. The highest BCUT2D eigenvalue weighted by Gasteiger charge is 1.81. The van der Waals surface area contributed by atoms with Crippen molar-refractivity contribution in [2.75, 3.05) is 13.2 Å². The van der Waals surface area contributed by atoms with Crippen LogP contribution in [0.3, 0.4) is 0 Å². The second-order valence-corrected chi connectivity index (χ2v) is 1.48. The Balaban J connectivity index is 3.29. The van der Waals surface area contributed by atoms with E-state index in [1.165, 1.54) is 6.08 Å². The zero-order valence-electron chi connectivity index (χ0n) is 3.76. The van der Waals surface area contributed by atoms with Crippen LogP contribution >= 0.6 is 11.6 Å². The van der Waals surface area contributed by atoms with Crippen molar-refractivity contribution in [3.8, 4) is 0 Å². The lowest BCUT2D eigenvalue weighted by Crippen LogP contribution is -1.82. The lowest BCUT2D eigenvalue weighted by atomic mass is 10.5. The van der Waals surface area contributed by atoms with Gasteiger partial charge in [0.15, 0.2) is 0 Å². The van der Waals surface area contributed by atoms with Crippen LogP contribution in [0.25, 0.3) is 0 Å². The molecule has 0 amide bonds. The van der Waals surface area contributed by atoms with Crippen LogP contribution < -0.4 is 0 Å². The Morgan fingerprint density at radius 2 is 2.14 bits per heavy atom. The van der Waals surface area contributed by atoms with Crippen molar-refractivity contribution in [1.29, 1.82) is 0 Å². The van der Waals surface area contributed by atoms with Crippen molar-refractivity contribution in [3.63, 3.8) is 0 Å². The second kappa shape index (κ2) is 4.12. The van der Waals surface area contributed by atoms with Gasteiger partial charge in [-0.05, 0) is 6.08 Å². The summed E-state index contributed by atoms with van der Waals surface area (Å²) in [5, 5.41) is 16.5. The van der Waals surface area contributed by atoms with E-state index in [-0.39, 0.29) is 18.2 Å². The van der Waals surface area contributed by atoms with Gasteiger partial charge in [-0.3, -0.25) is 0 Å². The van der Waals surface area contributed by atoms with Crippen LogP contribution in [0.5, 0.6) is 0 Å². The molecule has 0 saturated carbocycles. The molecule has 0 spiro atoms. The first-order chi connectivity index (χ1) is 3.31. The molecule has 0 radical (unpaired) electrons. The van der Waals surface area contributed by atoms with E-state index >= 15 is 0 Å². The monoisotopic (exact) mass is 122 g/mol. The van der Waals surface area contributed by atoms with E-state index in [1.54, 1.807) is 0 Å². The van der Waals surface area contributed by atoms with Crippen molar-refractivity contribution in [1.82, 2.24) is 0 Å². The smallest absolute Gasteiger partial charge is 0.0785 e. The molecule has 0 unspecified atom stereocenters. The summed E-state index contributed by atoms with van der Waals surface area (Å²) in [5.41, 5.74) is 0. The zero-order chi connectivity index (χ0) is 5.70. The molecule has 0 aliphatic heterocycles. The Kier molecular flexibility index (Phi) is 4.09. The fourth-order valence-corrected chi connectivity index (χ4v) is 0.233. The van der Waals surface area contributed by atoms with Crippen LogP contribution in [-0.2, 0) is 0 Å². The van der Waals surface area contributed by atoms with Crippen molar-refractivity contribution in [3.05, 3.63) is 11.1 Å². The maximum absolute atomic E-state index is 8.15. The molecular weight excluding hydrogens is 115 g/mol. The van der Waals surface area contributed by atoms with E-state index < -0.39 is 0 Å². The molecule has 0 aromatic heterocycles. The van der Waals surface area contributed by atoms with Gasteiger partial charge in [0, 0.05) is 5.03 Å². The number of rotatable bonds is 2. The van der Waals surface area contributed by atoms with Gasteiger partial charge in [-0.2, -0.15) is 0 Å². The number of aliphatic hydroxyl groups excluding tert-OH is 2. The largest absolute Gasteiger partial charge is 0.392 e. The lowest BCUT2D eigenvalue weighted by Gasteiger charge is -1.84. The van der Waals surface area contributed by atoms with E-state index in [0.717, 1.165) is 0 Å². The molecule has 0 aromatic carbocycles. The molecule has 0 saturated heterocycles. The standard InChI is InChI=1S/C4H7ClO2/c5-4(3-7)1-2-6/h1,6-7H,2-3H2. The zero-order valence-corrected chi connectivity index (χ0v) is 4.52. The van der Waals surface area contributed by atoms with Crippen molar-refractivity contribution < 1.29 is 10.2 Å². The van der Waals surface area contributed by atoms with Gasteiger partial charge in [0.1, 0.15) is 0 Å². The van der Waals surface area contributed by atoms with Gasteiger partial charge in [-0.25, -0.2) is 0 Å². The van der Waals surface area contributed by atoms with Crippen LogP contribution in [0, 0.1) is 0 Å². The van der Waals surface area contributed by atoms with Gasteiger partial charge in [0.05, 0.1) is 13.2 Å². The molecule has 0 atom stereocenters. The minimum Gasteiger partial charge on any atom is -0.392 e. The molecule has 0 rings (SSSR count). The van der Waals surface area contributed by atoms with Gasteiger partial charge >= 0.3 is 0 Å². The fraction of sp³-hybridized carbons (Fsp3) is 0.500. The van der Waals surface area contributed by atoms with Crippen LogP contribution in [0.1, 0.15) is 0 Å². The average molecular weight is 123 g/mol. The van der Waals surface area contributed by atoms with Crippen molar-refractivity contribution in [2.24, 2.45) is 0 Å². The van der Waals surface area contributed by atoms with Gasteiger partial charge < -0.3 is 10.2 Å². The highest BCUT2D eigenvalue weighted by Crippen LogP contribution is 1.95. The first kappa shape index (κ1) is 6.95. The molecule has 2 N–H and O–H groups in total. The Hall–Kier alpha value is -0.0500. The molecule has 0 heterocycles. The maximum Gasteiger partial charge on any atom is 0.0785 e. The Morgan fingerprint density at radius 1 is 1.57 bits per heavy atom. The van der Waals surface area contributed by atoms with Gasteiger partial charge in [-0.1, -0.05) is 11.6 Å².